The van der Waals surface area contributed by atoms with Crippen LogP contribution in [0.2, 0.25) is 0 Å². The fourth-order valence-corrected chi connectivity index (χ4v) is 4.19. The van der Waals surface area contributed by atoms with Crippen molar-refractivity contribution in [2.24, 2.45) is 0 Å². The minimum atomic E-state index is -4.55. The highest BCUT2D eigenvalue weighted by Gasteiger charge is 2.32. The lowest BCUT2D eigenvalue weighted by Crippen LogP contribution is -2.28. The SMILES string of the molecule is CN(CCO)CCCC(=O)N(c1cccc(C(F)(F)F)c1)c1nc(-c2cccc(C#N)c2)cs1. The number of nitriles is 1. The number of carbonyl (C=O) groups is 1. The average molecular weight is 489 g/mol. The minimum absolute atomic E-state index is 0.00427. The molecule has 0 fully saturated rings. The number of likely N-dealkylation sites (N-methyl/N-ethyl adjacent to an activating group) is 1. The Labute approximate surface area is 199 Å². The molecule has 1 aromatic heterocycles. The molecule has 0 unspecified atom stereocenters. The summed E-state index contributed by atoms with van der Waals surface area (Å²) in [4.78, 5) is 20.8. The lowest BCUT2D eigenvalue weighted by atomic mass is 10.1. The van der Waals surface area contributed by atoms with E-state index < -0.39 is 11.7 Å². The predicted octanol–water partition coefficient (Wildman–Crippen LogP) is 5.07. The molecule has 0 spiro atoms. The van der Waals surface area contributed by atoms with Gasteiger partial charge in [0.05, 0.1) is 35.2 Å². The Morgan fingerprint density at radius 1 is 1.18 bits per heavy atom. The second kappa shape index (κ2) is 11.2. The topological polar surface area (TPSA) is 80.5 Å². The van der Waals surface area contributed by atoms with Crippen LogP contribution in [0, 0.1) is 11.3 Å². The highest BCUT2D eigenvalue weighted by molar-refractivity contribution is 7.14. The number of anilines is 2. The number of benzene rings is 2. The third-order valence-electron chi connectivity index (χ3n) is 5.06. The van der Waals surface area contributed by atoms with E-state index in [1.807, 2.05) is 11.9 Å². The molecule has 0 bridgehead atoms. The maximum absolute atomic E-state index is 13.3. The first kappa shape index (κ1) is 25.4. The Bertz CT molecular complexity index is 1170. The molecule has 34 heavy (non-hydrogen) atoms. The van der Waals surface area contributed by atoms with Gasteiger partial charge in [-0.25, -0.2) is 4.98 Å². The number of rotatable bonds is 9. The number of alkyl halides is 3. The van der Waals surface area contributed by atoms with Crippen LogP contribution in [-0.4, -0.2) is 47.6 Å². The van der Waals surface area contributed by atoms with Gasteiger partial charge in [-0.15, -0.1) is 11.3 Å². The van der Waals surface area contributed by atoms with Gasteiger partial charge in [0.25, 0.3) is 0 Å². The second-order valence-corrected chi connectivity index (χ2v) is 8.45. The van der Waals surface area contributed by atoms with Crippen LogP contribution in [0.4, 0.5) is 24.0 Å². The fourth-order valence-electron chi connectivity index (χ4n) is 3.32. The average Bonchev–Trinajstić information content (AvgIpc) is 3.29. The van der Waals surface area contributed by atoms with Crippen molar-refractivity contribution in [2.75, 3.05) is 31.6 Å². The molecule has 3 aromatic rings. The van der Waals surface area contributed by atoms with E-state index in [2.05, 4.69) is 11.1 Å². The Kier molecular flexibility index (Phi) is 8.39. The first-order valence-corrected chi connectivity index (χ1v) is 11.4. The van der Waals surface area contributed by atoms with E-state index in [0.717, 1.165) is 23.5 Å². The molecule has 1 heterocycles. The highest BCUT2D eigenvalue weighted by Crippen LogP contribution is 2.36. The van der Waals surface area contributed by atoms with Crippen LogP contribution < -0.4 is 4.90 Å². The molecule has 0 radical (unpaired) electrons. The third-order valence-corrected chi connectivity index (χ3v) is 5.89. The molecular formula is C24H23F3N4O2S. The summed E-state index contributed by atoms with van der Waals surface area (Å²) in [5.74, 6) is -0.386. The zero-order valence-corrected chi connectivity index (χ0v) is 19.2. The van der Waals surface area contributed by atoms with Crippen molar-refractivity contribution in [1.29, 1.82) is 5.26 Å². The Balaban J connectivity index is 1.93. The summed E-state index contributed by atoms with van der Waals surface area (Å²) >= 11 is 1.14. The summed E-state index contributed by atoms with van der Waals surface area (Å²) in [5.41, 5.74) is 0.859. The lowest BCUT2D eigenvalue weighted by molar-refractivity contribution is -0.137. The van der Waals surface area contributed by atoms with Crippen LogP contribution in [0.25, 0.3) is 11.3 Å². The van der Waals surface area contributed by atoms with Crippen LogP contribution in [0.3, 0.4) is 0 Å². The highest BCUT2D eigenvalue weighted by atomic mass is 32.1. The van der Waals surface area contributed by atoms with Crippen molar-refractivity contribution in [2.45, 2.75) is 19.0 Å². The van der Waals surface area contributed by atoms with E-state index in [-0.39, 0.29) is 29.8 Å². The summed E-state index contributed by atoms with van der Waals surface area (Å²) in [7, 11) is 1.81. The van der Waals surface area contributed by atoms with Gasteiger partial charge in [-0.2, -0.15) is 18.4 Å². The minimum Gasteiger partial charge on any atom is -0.395 e. The van der Waals surface area contributed by atoms with Gasteiger partial charge in [0.1, 0.15) is 0 Å². The van der Waals surface area contributed by atoms with Crippen molar-refractivity contribution in [1.82, 2.24) is 9.88 Å². The Hall–Kier alpha value is -3.26. The number of thiazole rings is 1. The van der Waals surface area contributed by atoms with Crippen molar-refractivity contribution in [3.63, 3.8) is 0 Å². The number of nitrogens with zero attached hydrogens (tertiary/aromatic N) is 4. The number of hydrogen-bond donors (Lipinski definition) is 1. The van der Waals surface area contributed by atoms with Crippen LogP contribution in [-0.2, 0) is 11.0 Å². The van der Waals surface area contributed by atoms with Crippen molar-refractivity contribution in [3.05, 3.63) is 65.0 Å². The Morgan fingerprint density at radius 2 is 1.94 bits per heavy atom. The van der Waals surface area contributed by atoms with Crippen molar-refractivity contribution in [3.8, 4) is 17.3 Å². The van der Waals surface area contributed by atoms with E-state index in [1.54, 1.807) is 29.6 Å². The largest absolute Gasteiger partial charge is 0.416 e. The maximum Gasteiger partial charge on any atom is 0.416 e. The second-order valence-electron chi connectivity index (χ2n) is 7.62. The van der Waals surface area contributed by atoms with E-state index in [4.69, 9.17) is 10.4 Å². The number of halogens is 3. The van der Waals surface area contributed by atoms with Crippen LogP contribution in [0.15, 0.2) is 53.9 Å². The van der Waals surface area contributed by atoms with Gasteiger partial charge in [-0.1, -0.05) is 18.2 Å². The normalized spacial score (nSPS) is 11.4. The summed E-state index contributed by atoms with van der Waals surface area (Å²) in [6.45, 7) is 1.01. The molecule has 0 aliphatic heterocycles. The van der Waals surface area contributed by atoms with Crippen molar-refractivity contribution >= 4 is 28.1 Å². The van der Waals surface area contributed by atoms with Crippen LogP contribution in [0.5, 0.6) is 0 Å². The predicted molar refractivity (Wildman–Crippen MR) is 125 cm³/mol. The van der Waals surface area contributed by atoms with Gasteiger partial charge in [0, 0.05) is 23.9 Å². The third kappa shape index (κ3) is 6.41. The number of amides is 1. The number of carbonyl (C=O) groups excluding carboxylic acids is 1. The van der Waals surface area contributed by atoms with Crippen molar-refractivity contribution < 1.29 is 23.1 Å². The molecular weight excluding hydrogens is 465 g/mol. The fraction of sp³-hybridized carbons (Fsp3) is 0.292. The molecule has 0 aliphatic rings. The molecule has 2 aromatic carbocycles. The van der Waals surface area contributed by atoms with E-state index in [0.29, 0.717) is 36.3 Å². The summed E-state index contributed by atoms with van der Waals surface area (Å²) < 4.78 is 40.0. The quantitative estimate of drug-likeness (QED) is 0.455. The van der Waals surface area contributed by atoms with Gasteiger partial charge in [0.2, 0.25) is 5.91 Å². The lowest BCUT2D eigenvalue weighted by Gasteiger charge is -2.22. The molecule has 3 rings (SSSR count). The number of hydrogen-bond acceptors (Lipinski definition) is 6. The van der Waals surface area contributed by atoms with E-state index in [1.165, 1.54) is 17.0 Å². The summed E-state index contributed by atoms with van der Waals surface area (Å²) in [6, 6.07) is 13.5. The molecule has 0 atom stereocenters. The van der Waals surface area contributed by atoms with E-state index >= 15 is 0 Å². The molecule has 0 saturated carbocycles. The molecule has 1 amide bonds. The first-order valence-electron chi connectivity index (χ1n) is 10.5. The first-order chi connectivity index (χ1) is 16.2. The number of aliphatic hydroxyl groups excluding tert-OH is 1. The molecule has 6 nitrogen and oxygen atoms in total. The number of aromatic nitrogens is 1. The molecule has 1 N–H and O–H groups in total. The standard InChI is InChI=1S/C24H23F3N4O2S/c1-30(11-12-32)10-4-9-22(33)31(20-8-3-7-19(14-20)24(25,26)27)23-29-21(16-34-23)18-6-2-5-17(13-18)15-28/h2-3,5-8,13-14,16,32H,4,9-12H2,1H3. The smallest absolute Gasteiger partial charge is 0.395 e. The molecule has 0 saturated heterocycles. The zero-order chi connectivity index (χ0) is 24.7. The van der Waals surface area contributed by atoms with Gasteiger partial charge in [0.15, 0.2) is 5.13 Å². The molecule has 10 heteroatoms. The zero-order valence-electron chi connectivity index (χ0n) is 18.4. The maximum atomic E-state index is 13.3. The van der Waals surface area contributed by atoms with Gasteiger partial charge in [-0.05, 0) is 50.3 Å². The van der Waals surface area contributed by atoms with Gasteiger partial charge < -0.3 is 10.0 Å². The number of aliphatic hydroxyl groups is 1. The summed E-state index contributed by atoms with van der Waals surface area (Å²) in [6.07, 6.45) is -4.00. The van der Waals surface area contributed by atoms with E-state index in [9.17, 15) is 18.0 Å². The van der Waals surface area contributed by atoms with Gasteiger partial charge >= 0.3 is 6.18 Å². The van der Waals surface area contributed by atoms with Gasteiger partial charge in [-0.3, -0.25) is 9.69 Å². The van der Waals surface area contributed by atoms with Crippen LogP contribution in [0.1, 0.15) is 24.0 Å². The monoisotopic (exact) mass is 488 g/mol. The molecule has 0 aliphatic carbocycles. The summed E-state index contributed by atoms with van der Waals surface area (Å²) in [5, 5.41) is 20.1. The molecule has 178 valence electrons. The van der Waals surface area contributed by atoms with Crippen LogP contribution >= 0.6 is 11.3 Å². The Morgan fingerprint density at radius 3 is 2.65 bits per heavy atom.